The highest BCUT2D eigenvalue weighted by Gasteiger charge is 2.30. The average Bonchev–Trinajstić information content (AvgIpc) is 2.68. The summed E-state index contributed by atoms with van der Waals surface area (Å²) in [4.78, 5) is 26.3. The Hall–Kier alpha value is -2.56. The molecule has 2 heterocycles. The molecule has 1 aliphatic rings. The van der Waals surface area contributed by atoms with Crippen LogP contribution in [-0.2, 0) is 12.5 Å². The number of aromatic nitrogens is 1. The van der Waals surface area contributed by atoms with Crippen molar-refractivity contribution in [1.82, 2.24) is 4.57 Å². The Balaban J connectivity index is 1.91. The highest BCUT2D eigenvalue weighted by atomic mass is 16.2. The van der Waals surface area contributed by atoms with E-state index in [-0.39, 0.29) is 17.0 Å². The van der Waals surface area contributed by atoms with Crippen LogP contribution in [0.5, 0.6) is 0 Å². The number of carbonyl (C=O) groups is 1. The van der Waals surface area contributed by atoms with Crippen molar-refractivity contribution >= 4 is 17.4 Å². The number of nitrogens with zero attached hydrogens (tertiary/aromatic N) is 2. The van der Waals surface area contributed by atoms with Crippen LogP contribution in [0.2, 0.25) is 0 Å². The zero-order valence-corrected chi connectivity index (χ0v) is 14.4. The first kappa shape index (κ1) is 16.3. The van der Waals surface area contributed by atoms with Crippen molar-refractivity contribution < 1.29 is 4.79 Å². The second kappa shape index (κ2) is 6.15. The van der Waals surface area contributed by atoms with Gasteiger partial charge in [0.25, 0.3) is 5.56 Å². The number of amides is 2. The smallest absolute Gasteiger partial charge is 0.318 e. The van der Waals surface area contributed by atoms with Crippen LogP contribution in [0.3, 0.4) is 0 Å². The van der Waals surface area contributed by atoms with Crippen molar-refractivity contribution in [2.24, 2.45) is 7.05 Å². The Kier molecular flexibility index (Phi) is 4.18. The lowest BCUT2D eigenvalue weighted by molar-refractivity contribution is 0.257. The lowest BCUT2D eigenvalue weighted by Crippen LogP contribution is -2.36. The van der Waals surface area contributed by atoms with E-state index in [9.17, 15) is 9.59 Å². The summed E-state index contributed by atoms with van der Waals surface area (Å²) >= 11 is 0. The first-order chi connectivity index (χ1) is 11.4. The van der Waals surface area contributed by atoms with Crippen molar-refractivity contribution in [2.75, 3.05) is 16.8 Å². The number of anilines is 2. The van der Waals surface area contributed by atoms with Gasteiger partial charge < -0.3 is 9.88 Å². The van der Waals surface area contributed by atoms with Crippen molar-refractivity contribution in [2.45, 2.75) is 32.1 Å². The predicted molar refractivity (Wildman–Crippen MR) is 96.7 cm³/mol. The van der Waals surface area contributed by atoms with E-state index in [1.807, 2.05) is 18.2 Å². The van der Waals surface area contributed by atoms with E-state index in [4.69, 9.17) is 0 Å². The van der Waals surface area contributed by atoms with E-state index in [1.165, 1.54) is 16.2 Å². The molecule has 1 aliphatic heterocycles. The molecule has 5 heteroatoms. The SMILES string of the molecule is Cn1ccc(NC(=O)N2CCCC(C)(C)c3ccccc32)cc1=O. The van der Waals surface area contributed by atoms with E-state index in [1.54, 1.807) is 24.2 Å². The number of benzene rings is 1. The summed E-state index contributed by atoms with van der Waals surface area (Å²) in [5, 5.41) is 2.85. The third-order valence-electron chi connectivity index (χ3n) is 4.71. The molecule has 2 aromatic rings. The van der Waals surface area contributed by atoms with Gasteiger partial charge in [-0.15, -0.1) is 0 Å². The fraction of sp³-hybridized carbons (Fsp3) is 0.368. The molecule has 0 atom stereocenters. The molecule has 0 saturated carbocycles. The summed E-state index contributed by atoms with van der Waals surface area (Å²) in [7, 11) is 1.68. The second-order valence-corrected chi connectivity index (χ2v) is 6.95. The molecule has 0 fully saturated rings. The second-order valence-electron chi connectivity index (χ2n) is 6.95. The van der Waals surface area contributed by atoms with Crippen LogP contribution in [0.1, 0.15) is 32.3 Å². The number of rotatable bonds is 1. The highest BCUT2D eigenvalue weighted by molar-refractivity contribution is 6.02. The fourth-order valence-electron chi connectivity index (χ4n) is 3.24. The molecule has 0 radical (unpaired) electrons. The molecule has 126 valence electrons. The standard InChI is InChI=1S/C19H23N3O2/c1-19(2)10-6-11-22(16-8-5-4-7-15(16)19)18(24)20-14-9-12-21(3)17(23)13-14/h4-5,7-9,12-13H,6,10-11H2,1-3H3,(H,20,24). The summed E-state index contributed by atoms with van der Waals surface area (Å²) in [6.45, 7) is 5.10. The Bertz CT molecular complexity index is 823. The molecule has 0 unspecified atom stereocenters. The van der Waals surface area contributed by atoms with Crippen molar-refractivity contribution in [3.8, 4) is 0 Å². The van der Waals surface area contributed by atoms with Crippen molar-refractivity contribution in [3.63, 3.8) is 0 Å². The lowest BCUT2D eigenvalue weighted by atomic mass is 9.80. The number of fused-ring (bicyclic) bond motifs is 1. The van der Waals surface area contributed by atoms with E-state index in [2.05, 4.69) is 25.2 Å². The molecule has 1 N–H and O–H groups in total. The summed E-state index contributed by atoms with van der Waals surface area (Å²) < 4.78 is 1.47. The molecule has 0 saturated heterocycles. The lowest BCUT2D eigenvalue weighted by Gasteiger charge is -2.27. The van der Waals surface area contributed by atoms with Gasteiger partial charge >= 0.3 is 6.03 Å². The fourth-order valence-corrected chi connectivity index (χ4v) is 3.24. The van der Waals surface area contributed by atoms with Gasteiger partial charge in [-0.05, 0) is 36.0 Å². The monoisotopic (exact) mass is 325 g/mol. The summed E-state index contributed by atoms with van der Waals surface area (Å²) in [6.07, 6.45) is 3.61. The highest BCUT2D eigenvalue weighted by Crippen LogP contribution is 2.38. The third-order valence-corrected chi connectivity index (χ3v) is 4.71. The van der Waals surface area contributed by atoms with Crippen LogP contribution in [-0.4, -0.2) is 17.1 Å². The Morgan fingerprint density at radius 1 is 1.21 bits per heavy atom. The average molecular weight is 325 g/mol. The van der Waals surface area contributed by atoms with Crippen LogP contribution in [0, 0.1) is 0 Å². The molecular formula is C19H23N3O2. The molecule has 24 heavy (non-hydrogen) atoms. The molecule has 0 bridgehead atoms. The molecule has 2 amide bonds. The van der Waals surface area contributed by atoms with Gasteiger partial charge in [0.05, 0.1) is 0 Å². The van der Waals surface area contributed by atoms with Gasteiger partial charge in [-0.1, -0.05) is 32.0 Å². The number of hydrogen-bond acceptors (Lipinski definition) is 2. The van der Waals surface area contributed by atoms with Gasteiger partial charge in [0, 0.05) is 37.2 Å². The summed E-state index contributed by atoms with van der Waals surface area (Å²) in [5.74, 6) is 0. The van der Waals surface area contributed by atoms with Crippen molar-refractivity contribution in [1.29, 1.82) is 0 Å². The third kappa shape index (κ3) is 3.07. The molecule has 0 aliphatic carbocycles. The van der Waals surface area contributed by atoms with E-state index in [0.717, 1.165) is 18.5 Å². The van der Waals surface area contributed by atoms with E-state index < -0.39 is 0 Å². The molecule has 1 aromatic heterocycles. The normalized spacial score (nSPS) is 16.2. The number of pyridine rings is 1. The maximum Gasteiger partial charge on any atom is 0.326 e. The van der Waals surface area contributed by atoms with E-state index >= 15 is 0 Å². The summed E-state index contributed by atoms with van der Waals surface area (Å²) in [5.41, 5.74) is 2.53. The zero-order valence-electron chi connectivity index (χ0n) is 14.4. The minimum Gasteiger partial charge on any atom is -0.318 e. The quantitative estimate of drug-likeness (QED) is 0.872. The minimum atomic E-state index is -0.201. The van der Waals surface area contributed by atoms with Gasteiger partial charge in [0.2, 0.25) is 0 Å². The maximum absolute atomic E-state index is 12.8. The van der Waals surface area contributed by atoms with Gasteiger partial charge in [-0.2, -0.15) is 0 Å². The number of para-hydroxylation sites is 1. The van der Waals surface area contributed by atoms with Crippen LogP contribution in [0.25, 0.3) is 0 Å². The van der Waals surface area contributed by atoms with Gasteiger partial charge in [0.1, 0.15) is 0 Å². The molecular weight excluding hydrogens is 302 g/mol. The molecule has 1 aromatic carbocycles. The zero-order chi connectivity index (χ0) is 17.3. The topological polar surface area (TPSA) is 54.3 Å². The Labute approximate surface area is 141 Å². The number of carbonyl (C=O) groups excluding carboxylic acids is 1. The largest absolute Gasteiger partial charge is 0.326 e. The molecule has 5 nitrogen and oxygen atoms in total. The van der Waals surface area contributed by atoms with Crippen LogP contribution >= 0.6 is 0 Å². The van der Waals surface area contributed by atoms with Crippen molar-refractivity contribution in [3.05, 3.63) is 58.5 Å². The van der Waals surface area contributed by atoms with Gasteiger partial charge in [0.15, 0.2) is 0 Å². The molecule has 0 spiro atoms. The van der Waals surface area contributed by atoms with Crippen LogP contribution < -0.4 is 15.8 Å². The first-order valence-corrected chi connectivity index (χ1v) is 8.23. The number of hydrogen-bond donors (Lipinski definition) is 1. The Morgan fingerprint density at radius 3 is 2.71 bits per heavy atom. The maximum atomic E-state index is 12.8. The van der Waals surface area contributed by atoms with Crippen LogP contribution in [0.15, 0.2) is 47.4 Å². The number of aryl methyl sites for hydroxylation is 1. The van der Waals surface area contributed by atoms with Gasteiger partial charge in [-0.3, -0.25) is 9.69 Å². The van der Waals surface area contributed by atoms with Gasteiger partial charge in [-0.25, -0.2) is 4.79 Å². The Morgan fingerprint density at radius 2 is 1.96 bits per heavy atom. The predicted octanol–water partition coefficient (Wildman–Crippen LogP) is 3.50. The minimum absolute atomic E-state index is 0.0360. The number of urea groups is 1. The van der Waals surface area contributed by atoms with E-state index in [0.29, 0.717) is 12.2 Å². The van der Waals surface area contributed by atoms with Crippen LogP contribution in [0.4, 0.5) is 16.2 Å². The number of nitrogens with one attached hydrogen (secondary N) is 1. The summed E-state index contributed by atoms with van der Waals surface area (Å²) in [6, 6.07) is 11.0. The first-order valence-electron chi connectivity index (χ1n) is 8.23. The molecule has 3 rings (SSSR count).